The molecule has 0 spiro atoms. The van der Waals surface area contributed by atoms with Crippen LogP contribution < -0.4 is 4.74 Å². The molecule has 3 aromatic rings. The fourth-order valence-corrected chi connectivity index (χ4v) is 5.84. The summed E-state index contributed by atoms with van der Waals surface area (Å²) in [5.41, 5.74) is 3.57. The highest BCUT2D eigenvalue weighted by atomic mass is 32.2. The lowest BCUT2D eigenvalue weighted by Gasteiger charge is -2.24. The van der Waals surface area contributed by atoms with Crippen LogP contribution in [0.15, 0.2) is 87.9 Å². The van der Waals surface area contributed by atoms with Gasteiger partial charge in [0.25, 0.3) is 5.91 Å². The van der Waals surface area contributed by atoms with Gasteiger partial charge in [-0.15, -0.1) is 0 Å². The van der Waals surface area contributed by atoms with Crippen LogP contribution in [0.1, 0.15) is 37.6 Å². The summed E-state index contributed by atoms with van der Waals surface area (Å²) in [6, 6.07) is 22.1. The molecule has 0 saturated heterocycles. The number of amidine groups is 3. The van der Waals surface area contributed by atoms with Crippen LogP contribution in [0.25, 0.3) is 6.08 Å². The zero-order valence-corrected chi connectivity index (χ0v) is 23.2. The Hall–Kier alpha value is -3.56. The maximum atomic E-state index is 12.8. The van der Waals surface area contributed by atoms with E-state index >= 15 is 0 Å². The molecule has 38 heavy (non-hydrogen) atoms. The first-order valence-corrected chi connectivity index (χ1v) is 14.1. The number of hydrogen-bond donors (Lipinski definition) is 1. The van der Waals surface area contributed by atoms with Crippen molar-refractivity contribution in [1.29, 1.82) is 5.41 Å². The van der Waals surface area contributed by atoms with Crippen molar-refractivity contribution in [3.63, 3.8) is 0 Å². The van der Waals surface area contributed by atoms with E-state index in [0.717, 1.165) is 29.0 Å². The minimum Gasteiger partial charge on any atom is -0.492 e. The van der Waals surface area contributed by atoms with Crippen LogP contribution in [-0.2, 0) is 22.5 Å². The van der Waals surface area contributed by atoms with E-state index in [1.807, 2.05) is 53.2 Å². The SMILES string of the molecule is CC(C)(C)c1ccc(OCCn2cccc2/C=C2/C(=N)N3C(SCc4ccccc4)=NSC3=NC2=O)cc1. The molecule has 5 rings (SSSR count). The fourth-order valence-electron chi connectivity index (χ4n) is 4.04. The Morgan fingerprint density at radius 2 is 1.82 bits per heavy atom. The largest absolute Gasteiger partial charge is 0.492 e. The molecule has 3 heterocycles. The molecule has 1 N–H and O–H groups in total. The number of carbonyl (C=O) groups is 1. The normalized spacial score (nSPS) is 16.5. The lowest BCUT2D eigenvalue weighted by atomic mass is 9.87. The maximum Gasteiger partial charge on any atom is 0.283 e. The van der Waals surface area contributed by atoms with Crippen LogP contribution >= 0.6 is 23.7 Å². The van der Waals surface area contributed by atoms with Crippen LogP contribution in [0.3, 0.4) is 0 Å². The van der Waals surface area contributed by atoms with Crippen molar-refractivity contribution in [2.75, 3.05) is 6.61 Å². The molecule has 9 heteroatoms. The second kappa shape index (κ2) is 11.0. The fraction of sp³-hybridized carbons (Fsp3) is 0.241. The molecule has 1 amide bonds. The number of amides is 1. The van der Waals surface area contributed by atoms with E-state index in [2.05, 4.69) is 54.4 Å². The van der Waals surface area contributed by atoms with Gasteiger partial charge in [-0.2, -0.15) is 9.39 Å². The van der Waals surface area contributed by atoms with Gasteiger partial charge in [0.05, 0.1) is 24.1 Å². The molecular formula is C29H29N5O2S2. The summed E-state index contributed by atoms with van der Waals surface area (Å²) in [5.74, 6) is 1.20. The molecule has 194 valence electrons. The van der Waals surface area contributed by atoms with Crippen molar-refractivity contribution in [3.05, 3.63) is 95.3 Å². The standard InChI is InChI=1S/C29H29N5O2S2/c1-29(2,3)21-11-13-23(14-12-21)36-17-16-33-15-7-10-22(33)18-24-25(30)34-27(31-26(24)35)38-32-28(34)37-19-20-8-5-4-6-9-20/h4-15,18,30H,16-17,19H2,1-3H3/b24-18-,30-25?. The number of hydrogen-bond acceptors (Lipinski definition) is 6. The van der Waals surface area contributed by atoms with Crippen molar-refractivity contribution in [3.8, 4) is 5.75 Å². The van der Waals surface area contributed by atoms with Gasteiger partial charge in [-0.05, 0) is 46.9 Å². The van der Waals surface area contributed by atoms with E-state index in [9.17, 15) is 4.79 Å². The smallest absolute Gasteiger partial charge is 0.283 e. The maximum absolute atomic E-state index is 12.8. The molecule has 0 unspecified atom stereocenters. The number of ether oxygens (including phenoxy) is 1. The number of nitrogens with zero attached hydrogens (tertiary/aromatic N) is 4. The van der Waals surface area contributed by atoms with Gasteiger partial charge in [-0.3, -0.25) is 10.2 Å². The number of aliphatic imine (C=N–C) groups is 1. The Kier molecular flexibility index (Phi) is 7.58. The van der Waals surface area contributed by atoms with Gasteiger partial charge in [-0.1, -0.05) is 75.0 Å². The molecule has 2 aromatic carbocycles. The third kappa shape index (κ3) is 5.79. The second-order valence-corrected chi connectivity index (χ2v) is 11.6. The van der Waals surface area contributed by atoms with Crippen molar-refractivity contribution >= 4 is 51.9 Å². The van der Waals surface area contributed by atoms with Gasteiger partial charge in [0, 0.05) is 17.6 Å². The molecule has 0 bridgehead atoms. The quantitative estimate of drug-likeness (QED) is 0.276. The molecule has 0 saturated carbocycles. The Balaban J connectivity index is 1.25. The van der Waals surface area contributed by atoms with Crippen molar-refractivity contribution in [2.24, 2.45) is 9.39 Å². The molecule has 0 fully saturated rings. The molecule has 0 atom stereocenters. The van der Waals surface area contributed by atoms with Gasteiger partial charge >= 0.3 is 0 Å². The summed E-state index contributed by atoms with van der Waals surface area (Å²) in [5, 5.41) is 9.90. The minimum absolute atomic E-state index is 0.0900. The average molecular weight is 544 g/mol. The second-order valence-electron chi connectivity index (χ2n) is 9.93. The molecule has 1 aromatic heterocycles. The topological polar surface area (TPSA) is 83.0 Å². The van der Waals surface area contributed by atoms with Crippen LogP contribution in [0.4, 0.5) is 0 Å². The number of aromatic nitrogens is 1. The van der Waals surface area contributed by atoms with E-state index in [4.69, 9.17) is 10.1 Å². The number of rotatable bonds is 7. The first kappa shape index (κ1) is 26.1. The van der Waals surface area contributed by atoms with Gasteiger partial charge < -0.3 is 9.30 Å². The predicted molar refractivity (Wildman–Crippen MR) is 158 cm³/mol. The summed E-state index contributed by atoms with van der Waals surface area (Å²) < 4.78 is 12.4. The Morgan fingerprint density at radius 3 is 2.55 bits per heavy atom. The predicted octanol–water partition coefficient (Wildman–Crippen LogP) is 6.37. The van der Waals surface area contributed by atoms with Crippen molar-refractivity contribution in [2.45, 2.75) is 38.5 Å². The number of nitrogens with one attached hydrogen (secondary N) is 1. The summed E-state index contributed by atoms with van der Waals surface area (Å²) in [7, 11) is 0. The Bertz CT molecular complexity index is 1430. The lowest BCUT2D eigenvalue weighted by molar-refractivity contribution is -0.114. The van der Waals surface area contributed by atoms with E-state index < -0.39 is 5.91 Å². The third-order valence-corrected chi connectivity index (χ3v) is 8.01. The van der Waals surface area contributed by atoms with Crippen molar-refractivity contribution in [1.82, 2.24) is 9.47 Å². The van der Waals surface area contributed by atoms with Crippen LogP contribution in [-0.4, -0.2) is 38.2 Å². The number of carbonyl (C=O) groups excluding carboxylic acids is 1. The number of fused-ring (bicyclic) bond motifs is 1. The van der Waals surface area contributed by atoms with E-state index in [0.29, 0.717) is 29.2 Å². The zero-order chi connectivity index (χ0) is 26.7. The zero-order valence-electron chi connectivity index (χ0n) is 21.5. The molecule has 0 aliphatic carbocycles. The molecular weight excluding hydrogens is 514 g/mol. The number of benzene rings is 2. The van der Waals surface area contributed by atoms with Crippen LogP contribution in [0.2, 0.25) is 0 Å². The minimum atomic E-state index is -0.429. The lowest BCUT2D eigenvalue weighted by Crippen LogP contribution is -2.41. The van der Waals surface area contributed by atoms with Gasteiger partial charge in [0.15, 0.2) is 5.17 Å². The summed E-state index contributed by atoms with van der Waals surface area (Å²) in [4.78, 5) is 18.7. The first-order chi connectivity index (χ1) is 18.3. The highest BCUT2D eigenvalue weighted by Crippen LogP contribution is 2.33. The highest BCUT2D eigenvalue weighted by molar-refractivity contribution is 8.18. The first-order valence-electron chi connectivity index (χ1n) is 12.3. The summed E-state index contributed by atoms with van der Waals surface area (Å²) >= 11 is 2.66. The van der Waals surface area contributed by atoms with Gasteiger partial charge in [-0.25, -0.2) is 4.90 Å². The van der Waals surface area contributed by atoms with E-state index in [1.54, 1.807) is 11.0 Å². The van der Waals surface area contributed by atoms with E-state index in [-0.39, 0.29) is 16.8 Å². The molecule has 0 radical (unpaired) electrons. The van der Waals surface area contributed by atoms with Gasteiger partial charge in [0.2, 0.25) is 5.17 Å². The van der Waals surface area contributed by atoms with Crippen LogP contribution in [0, 0.1) is 5.41 Å². The third-order valence-electron chi connectivity index (χ3n) is 6.18. The molecule has 2 aliphatic heterocycles. The monoisotopic (exact) mass is 543 g/mol. The Labute approximate surface area is 231 Å². The summed E-state index contributed by atoms with van der Waals surface area (Å²) in [6.45, 7) is 7.64. The van der Waals surface area contributed by atoms with Crippen LogP contribution in [0.5, 0.6) is 5.75 Å². The average Bonchev–Trinajstić information content (AvgIpc) is 3.52. The number of thioether (sulfide) groups is 1. The summed E-state index contributed by atoms with van der Waals surface area (Å²) in [6.07, 6.45) is 3.67. The highest BCUT2D eigenvalue weighted by Gasteiger charge is 2.37. The van der Waals surface area contributed by atoms with Crippen molar-refractivity contribution < 1.29 is 9.53 Å². The molecule has 7 nitrogen and oxygen atoms in total. The molecule has 2 aliphatic rings. The Morgan fingerprint density at radius 1 is 1.05 bits per heavy atom. The van der Waals surface area contributed by atoms with Gasteiger partial charge in [0.1, 0.15) is 18.2 Å². The van der Waals surface area contributed by atoms with E-state index in [1.165, 1.54) is 17.3 Å².